The second-order valence-electron chi connectivity index (χ2n) is 6.45. The highest BCUT2D eigenvalue weighted by Gasteiger charge is 2.10. The van der Waals surface area contributed by atoms with Crippen molar-refractivity contribution in [2.24, 2.45) is 5.14 Å². The molecule has 0 atom stereocenters. The molecule has 0 fully saturated rings. The number of hydrogen-bond acceptors (Lipinski definition) is 6. The van der Waals surface area contributed by atoms with Gasteiger partial charge in [0.05, 0.1) is 10.4 Å². The van der Waals surface area contributed by atoms with Crippen molar-refractivity contribution in [3.63, 3.8) is 0 Å². The topological polar surface area (TPSA) is 110 Å². The first kappa shape index (κ1) is 18.9. The number of nitrogens with zero attached hydrogens (tertiary/aromatic N) is 2. The molecule has 0 aliphatic rings. The Morgan fingerprint density at radius 3 is 2.24 bits per heavy atom. The maximum atomic E-state index is 11.4. The van der Waals surface area contributed by atoms with Crippen LogP contribution in [0.5, 0.6) is 0 Å². The van der Waals surface area contributed by atoms with Crippen LogP contribution in [-0.2, 0) is 16.6 Å². The van der Waals surface area contributed by atoms with Crippen LogP contribution in [0.2, 0.25) is 0 Å². The number of anilines is 3. The standard InChI is InChI=1S/C21H19N5O2S/c22-29(27,28)17-12-10-16(11-13-17)24-21-25-19-9-5-4-8-18(19)20(26-21)23-14-15-6-2-1-3-7-15/h1-13H,14H2,(H2,22,27,28)(H2,23,24,25,26). The summed E-state index contributed by atoms with van der Waals surface area (Å²) in [6.45, 7) is 0.629. The molecule has 3 aromatic carbocycles. The van der Waals surface area contributed by atoms with E-state index in [-0.39, 0.29) is 4.90 Å². The summed E-state index contributed by atoms with van der Waals surface area (Å²) in [6, 6.07) is 23.9. The molecule has 4 rings (SSSR count). The zero-order valence-corrected chi connectivity index (χ0v) is 16.2. The summed E-state index contributed by atoms with van der Waals surface area (Å²) in [5.74, 6) is 1.12. The lowest BCUT2D eigenvalue weighted by molar-refractivity contribution is 0.598. The molecule has 1 heterocycles. The highest BCUT2D eigenvalue weighted by molar-refractivity contribution is 7.89. The lowest BCUT2D eigenvalue weighted by atomic mass is 10.2. The average Bonchev–Trinajstić information content (AvgIpc) is 2.72. The molecule has 29 heavy (non-hydrogen) atoms. The van der Waals surface area contributed by atoms with Crippen LogP contribution >= 0.6 is 0 Å². The van der Waals surface area contributed by atoms with Gasteiger partial charge < -0.3 is 10.6 Å². The second kappa shape index (κ2) is 7.86. The Labute approximate surface area is 168 Å². The van der Waals surface area contributed by atoms with Crippen molar-refractivity contribution in [2.75, 3.05) is 10.6 Å². The van der Waals surface area contributed by atoms with E-state index in [4.69, 9.17) is 5.14 Å². The Bertz CT molecular complexity index is 1240. The van der Waals surface area contributed by atoms with Crippen molar-refractivity contribution >= 4 is 38.4 Å². The van der Waals surface area contributed by atoms with Gasteiger partial charge in [-0.05, 0) is 42.0 Å². The highest BCUT2D eigenvalue weighted by Crippen LogP contribution is 2.24. The number of primary sulfonamides is 1. The van der Waals surface area contributed by atoms with Crippen LogP contribution < -0.4 is 15.8 Å². The largest absolute Gasteiger partial charge is 0.365 e. The molecule has 0 aliphatic carbocycles. The Morgan fingerprint density at radius 1 is 0.828 bits per heavy atom. The summed E-state index contributed by atoms with van der Waals surface area (Å²) in [7, 11) is -3.73. The van der Waals surface area contributed by atoms with Gasteiger partial charge in [0.15, 0.2) is 0 Å². The van der Waals surface area contributed by atoms with Gasteiger partial charge in [0.2, 0.25) is 16.0 Å². The molecule has 0 saturated carbocycles. The molecule has 0 radical (unpaired) electrons. The average molecular weight is 405 g/mol. The van der Waals surface area contributed by atoms with E-state index in [1.807, 2.05) is 54.6 Å². The molecule has 1 aromatic heterocycles. The predicted octanol–water partition coefficient (Wildman–Crippen LogP) is 3.63. The van der Waals surface area contributed by atoms with Crippen molar-refractivity contribution in [2.45, 2.75) is 11.4 Å². The summed E-state index contributed by atoms with van der Waals surface area (Å²) in [5.41, 5.74) is 2.59. The van der Waals surface area contributed by atoms with Crippen LogP contribution in [0.1, 0.15) is 5.56 Å². The van der Waals surface area contributed by atoms with Crippen LogP contribution in [0.3, 0.4) is 0 Å². The maximum Gasteiger partial charge on any atom is 0.238 e. The third-order valence-electron chi connectivity index (χ3n) is 4.35. The van der Waals surface area contributed by atoms with Gasteiger partial charge in [-0.3, -0.25) is 0 Å². The molecule has 0 amide bonds. The Hall–Kier alpha value is -3.49. The fourth-order valence-corrected chi connectivity index (χ4v) is 3.42. The zero-order valence-electron chi connectivity index (χ0n) is 15.4. The Kier molecular flexibility index (Phi) is 5.11. The Morgan fingerprint density at radius 2 is 1.52 bits per heavy atom. The van der Waals surface area contributed by atoms with Gasteiger partial charge in [-0.15, -0.1) is 0 Å². The minimum absolute atomic E-state index is 0.0488. The van der Waals surface area contributed by atoms with Gasteiger partial charge in [0, 0.05) is 17.6 Å². The molecule has 146 valence electrons. The fraction of sp³-hybridized carbons (Fsp3) is 0.0476. The number of hydrogen-bond donors (Lipinski definition) is 3. The molecule has 4 aromatic rings. The minimum atomic E-state index is -3.73. The van der Waals surface area contributed by atoms with E-state index in [0.29, 0.717) is 24.0 Å². The molecule has 8 heteroatoms. The molecule has 7 nitrogen and oxygen atoms in total. The van der Waals surface area contributed by atoms with Crippen LogP contribution in [-0.4, -0.2) is 18.4 Å². The number of nitrogens with two attached hydrogens (primary N) is 1. The molecule has 0 unspecified atom stereocenters. The SMILES string of the molecule is NS(=O)(=O)c1ccc(Nc2nc(NCc3ccccc3)c3ccccc3n2)cc1. The molecule has 0 spiro atoms. The van der Waals surface area contributed by atoms with Crippen LogP contribution in [0.25, 0.3) is 10.9 Å². The van der Waals surface area contributed by atoms with Crippen molar-refractivity contribution in [3.8, 4) is 0 Å². The van der Waals surface area contributed by atoms with Crippen LogP contribution in [0.4, 0.5) is 17.5 Å². The number of sulfonamides is 1. The molecular formula is C21H19N5O2S. The van der Waals surface area contributed by atoms with E-state index >= 15 is 0 Å². The fourth-order valence-electron chi connectivity index (χ4n) is 2.91. The monoisotopic (exact) mass is 405 g/mol. The lowest BCUT2D eigenvalue weighted by Crippen LogP contribution is -2.11. The van der Waals surface area contributed by atoms with Gasteiger partial charge >= 0.3 is 0 Å². The number of para-hydroxylation sites is 1. The number of fused-ring (bicyclic) bond motifs is 1. The predicted molar refractivity (Wildman–Crippen MR) is 114 cm³/mol. The van der Waals surface area contributed by atoms with Gasteiger partial charge in [0.25, 0.3) is 0 Å². The minimum Gasteiger partial charge on any atom is -0.365 e. The highest BCUT2D eigenvalue weighted by atomic mass is 32.2. The molecule has 4 N–H and O–H groups in total. The van der Waals surface area contributed by atoms with E-state index in [9.17, 15) is 8.42 Å². The number of aromatic nitrogens is 2. The van der Waals surface area contributed by atoms with Crippen molar-refractivity contribution < 1.29 is 8.42 Å². The number of nitrogens with one attached hydrogen (secondary N) is 2. The lowest BCUT2D eigenvalue weighted by Gasteiger charge is -2.12. The number of benzene rings is 3. The van der Waals surface area contributed by atoms with Gasteiger partial charge in [-0.25, -0.2) is 18.5 Å². The van der Waals surface area contributed by atoms with E-state index in [1.54, 1.807) is 12.1 Å². The van der Waals surface area contributed by atoms with E-state index in [1.165, 1.54) is 12.1 Å². The zero-order chi connectivity index (χ0) is 20.3. The third-order valence-corrected chi connectivity index (χ3v) is 5.27. The van der Waals surface area contributed by atoms with Gasteiger partial charge in [-0.2, -0.15) is 4.98 Å². The second-order valence-corrected chi connectivity index (χ2v) is 8.01. The molecule has 0 bridgehead atoms. The van der Waals surface area contributed by atoms with E-state index < -0.39 is 10.0 Å². The summed E-state index contributed by atoms with van der Waals surface area (Å²) in [6.07, 6.45) is 0. The first-order valence-electron chi connectivity index (χ1n) is 8.93. The first-order valence-corrected chi connectivity index (χ1v) is 10.5. The van der Waals surface area contributed by atoms with Crippen LogP contribution in [0.15, 0.2) is 83.8 Å². The van der Waals surface area contributed by atoms with Crippen molar-refractivity contribution in [1.29, 1.82) is 0 Å². The smallest absolute Gasteiger partial charge is 0.238 e. The number of rotatable bonds is 6. The molecular weight excluding hydrogens is 386 g/mol. The van der Waals surface area contributed by atoms with E-state index in [2.05, 4.69) is 20.6 Å². The van der Waals surface area contributed by atoms with Crippen molar-refractivity contribution in [1.82, 2.24) is 9.97 Å². The quantitative estimate of drug-likeness (QED) is 0.452. The summed E-state index contributed by atoms with van der Waals surface area (Å²) in [4.78, 5) is 9.21. The molecule has 0 saturated heterocycles. The normalized spacial score (nSPS) is 11.3. The van der Waals surface area contributed by atoms with Crippen LogP contribution in [0, 0.1) is 0 Å². The van der Waals surface area contributed by atoms with Gasteiger partial charge in [-0.1, -0.05) is 42.5 Å². The molecule has 0 aliphatic heterocycles. The summed E-state index contributed by atoms with van der Waals surface area (Å²) >= 11 is 0. The maximum absolute atomic E-state index is 11.4. The van der Waals surface area contributed by atoms with Crippen molar-refractivity contribution in [3.05, 3.63) is 84.4 Å². The third kappa shape index (κ3) is 4.50. The summed E-state index contributed by atoms with van der Waals surface area (Å²) in [5, 5.41) is 12.5. The van der Waals surface area contributed by atoms with E-state index in [0.717, 1.165) is 16.5 Å². The first-order chi connectivity index (χ1) is 14.0. The Balaban J connectivity index is 1.63. The van der Waals surface area contributed by atoms with Gasteiger partial charge in [0.1, 0.15) is 5.82 Å². The summed E-state index contributed by atoms with van der Waals surface area (Å²) < 4.78 is 22.8.